The van der Waals surface area contributed by atoms with Crippen LogP contribution in [0.3, 0.4) is 0 Å². The summed E-state index contributed by atoms with van der Waals surface area (Å²) >= 11 is 0. The minimum atomic E-state index is -0.771. The third kappa shape index (κ3) is 3.00. The predicted octanol–water partition coefficient (Wildman–Crippen LogP) is 2.44. The van der Waals surface area contributed by atoms with Gasteiger partial charge >= 0.3 is 11.5 Å². The molecular weight excluding hydrogens is 299 g/mol. The first-order chi connectivity index (χ1) is 10.4. The van der Waals surface area contributed by atoms with E-state index < -0.39 is 21.4 Å². The van der Waals surface area contributed by atoms with Crippen LogP contribution in [0.5, 0.6) is 5.75 Å². The van der Waals surface area contributed by atoms with Crippen LogP contribution in [0.4, 0.5) is 15.9 Å². The van der Waals surface area contributed by atoms with Gasteiger partial charge in [0.1, 0.15) is 12.0 Å². The molecule has 0 unspecified atom stereocenters. The van der Waals surface area contributed by atoms with Crippen molar-refractivity contribution in [1.29, 1.82) is 0 Å². The molecule has 0 radical (unpaired) electrons. The molecule has 0 aliphatic heterocycles. The summed E-state index contributed by atoms with van der Waals surface area (Å²) in [6, 6.07) is 2.89. The van der Waals surface area contributed by atoms with Crippen molar-refractivity contribution < 1.29 is 19.0 Å². The van der Waals surface area contributed by atoms with Crippen LogP contribution >= 0.6 is 0 Å². The summed E-state index contributed by atoms with van der Waals surface area (Å²) in [5.41, 5.74) is -0.524. The predicted molar refractivity (Wildman–Crippen MR) is 71.9 cm³/mol. The molecule has 22 heavy (non-hydrogen) atoms. The number of hydrogen-bond acceptors (Lipinski definition) is 6. The molecule has 0 amide bonds. The SMILES string of the molecule is CCn1c([N+](=O)[O-])cnc1COc1ccc(F)cc1[N+](=O)[O-]. The Hall–Kier alpha value is -3.04. The van der Waals surface area contributed by atoms with Crippen molar-refractivity contribution in [3.05, 3.63) is 56.3 Å². The number of rotatable bonds is 6. The van der Waals surface area contributed by atoms with E-state index in [2.05, 4.69) is 4.98 Å². The van der Waals surface area contributed by atoms with Crippen molar-refractivity contribution in [2.24, 2.45) is 0 Å². The maximum absolute atomic E-state index is 13.0. The molecular formula is C12H11FN4O5. The second-order valence-corrected chi connectivity index (χ2v) is 4.19. The Kier molecular flexibility index (Phi) is 4.30. The molecule has 116 valence electrons. The molecule has 0 aliphatic carbocycles. The summed E-state index contributed by atoms with van der Waals surface area (Å²) in [5.74, 6) is -0.855. The molecule has 0 saturated carbocycles. The van der Waals surface area contributed by atoms with Gasteiger partial charge in [-0.1, -0.05) is 0 Å². The molecule has 9 nitrogen and oxygen atoms in total. The van der Waals surface area contributed by atoms with Gasteiger partial charge in [-0.25, -0.2) is 13.9 Å². The minimum absolute atomic E-state index is 0.139. The molecule has 1 aromatic carbocycles. The zero-order chi connectivity index (χ0) is 16.3. The van der Waals surface area contributed by atoms with Crippen LogP contribution in [0.2, 0.25) is 0 Å². The molecule has 10 heteroatoms. The second-order valence-electron chi connectivity index (χ2n) is 4.19. The van der Waals surface area contributed by atoms with E-state index in [1.54, 1.807) is 6.92 Å². The van der Waals surface area contributed by atoms with E-state index in [9.17, 15) is 24.6 Å². The van der Waals surface area contributed by atoms with E-state index in [4.69, 9.17) is 4.74 Å². The fourth-order valence-electron chi connectivity index (χ4n) is 1.91. The molecule has 2 rings (SSSR count). The van der Waals surface area contributed by atoms with Gasteiger partial charge < -0.3 is 14.9 Å². The molecule has 2 aromatic rings. The van der Waals surface area contributed by atoms with Gasteiger partial charge in [-0.2, -0.15) is 0 Å². The summed E-state index contributed by atoms with van der Waals surface area (Å²) in [6.07, 6.45) is 1.08. The quantitative estimate of drug-likeness (QED) is 0.598. The Morgan fingerprint density at radius 2 is 2.05 bits per heavy atom. The van der Waals surface area contributed by atoms with Crippen LogP contribution < -0.4 is 4.74 Å². The Balaban J connectivity index is 2.24. The Bertz CT molecular complexity index is 730. The first-order valence-corrected chi connectivity index (χ1v) is 6.19. The van der Waals surface area contributed by atoms with Crippen molar-refractivity contribution in [3.8, 4) is 5.75 Å². The number of hydrogen-bond donors (Lipinski definition) is 0. The van der Waals surface area contributed by atoms with Crippen molar-refractivity contribution in [2.45, 2.75) is 20.1 Å². The molecule has 1 aromatic heterocycles. The number of imidazole rings is 1. The highest BCUT2D eigenvalue weighted by Gasteiger charge is 2.21. The van der Waals surface area contributed by atoms with Gasteiger partial charge in [-0.3, -0.25) is 10.1 Å². The van der Waals surface area contributed by atoms with E-state index in [0.29, 0.717) is 6.54 Å². The molecule has 0 spiro atoms. The van der Waals surface area contributed by atoms with Gasteiger partial charge in [0, 0.05) is 0 Å². The van der Waals surface area contributed by atoms with E-state index in [-0.39, 0.29) is 24.0 Å². The first kappa shape index (κ1) is 15.4. The molecule has 0 saturated heterocycles. The third-order valence-electron chi connectivity index (χ3n) is 2.89. The highest BCUT2D eigenvalue weighted by atomic mass is 19.1. The van der Waals surface area contributed by atoms with Crippen LogP contribution in [0.1, 0.15) is 12.7 Å². The second kappa shape index (κ2) is 6.16. The Morgan fingerprint density at radius 3 is 2.64 bits per heavy atom. The molecule has 0 N–H and O–H groups in total. The number of halogens is 1. The molecule has 0 fully saturated rings. The molecule has 0 aliphatic rings. The maximum Gasteiger partial charge on any atom is 0.342 e. The van der Waals surface area contributed by atoms with Crippen LogP contribution in [0.15, 0.2) is 24.4 Å². The normalized spacial score (nSPS) is 10.5. The van der Waals surface area contributed by atoms with Crippen molar-refractivity contribution in [3.63, 3.8) is 0 Å². The van der Waals surface area contributed by atoms with Gasteiger partial charge in [0.25, 0.3) is 0 Å². The number of aromatic nitrogens is 2. The number of nitrogens with zero attached hydrogens (tertiary/aromatic N) is 4. The lowest BCUT2D eigenvalue weighted by atomic mass is 10.3. The largest absolute Gasteiger partial charge is 0.476 e. The summed E-state index contributed by atoms with van der Waals surface area (Å²) in [4.78, 5) is 24.2. The van der Waals surface area contributed by atoms with Crippen LogP contribution in [0, 0.1) is 26.0 Å². The van der Waals surface area contributed by atoms with Crippen LogP contribution in [-0.2, 0) is 13.2 Å². The zero-order valence-corrected chi connectivity index (χ0v) is 11.4. The number of nitro benzene ring substituents is 1. The maximum atomic E-state index is 13.0. The molecule has 0 atom stereocenters. The van der Waals surface area contributed by atoms with Gasteiger partial charge in [0.2, 0.25) is 5.82 Å². The fraction of sp³-hybridized carbons (Fsp3) is 0.250. The lowest BCUT2D eigenvalue weighted by molar-refractivity contribution is -0.392. The zero-order valence-electron chi connectivity index (χ0n) is 11.4. The van der Waals surface area contributed by atoms with Crippen molar-refractivity contribution in [1.82, 2.24) is 9.55 Å². The van der Waals surface area contributed by atoms with E-state index >= 15 is 0 Å². The highest BCUT2D eigenvalue weighted by molar-refractivity contribution is 5.46. The Morgan fingerprint density at radius 1 is 1.32 bits per heavy atom. The molecule has 0 bridgehead atoms. The molecule has 1 heterocycles. The number of nitro groups is 2. The number of ether oxygens (including phenoxy) is 1. The lowest BCUT2D eigenvalue weighted by Crippen LogP contribution is -2.09. The van der Waals surface area contributed by atoms with Crippen LogP contribution in [-0.4, -0.2) is 19.4 Å². The van der Waals surface area contributed by atoms with Crippen molar-refractivity contribution in [2.75, 3.05) is 0 Å². The summed E-state index contributed by atoms with van der Waals surface area (Å²) < 4.78 is 19.6. The van der Waals surface area contributed by atoms with Crippen molar-refractivity contribution >= 4 is 11.5 Å². The highest BCUT2D eigenvalue weighted by Crippen LogP contribution is 2.28. The van der Waals surface area contributed by atoms with Gasteiger partial charge in [0.15, 0.2) is 12.4 Å². The lowest BCUT2D eigenvalue weighted by Gasteiger charge is -2.06. The number of benzene rings is 1. The van der Waals surface area contributed by atoms with E-state index in [0.717, 1.165) is 24.4 Å². The third-order valence-corrected chi connectivity index (χ3v) is 2.89. The van der Waals surface area contributed by atoms with E-state index in [1.165, 1.54) is 4.57 Å². The van der Waals surface area contributed by atoms with Gasteiger partial charge in [-0.15, -0.1) is 0 Å². The van der Waals surface area contributed by atoms with Gasteiger partial charge in [0.05, 0.1) is 17.5 Å². The summed E-state index contributed by atoms with van der Waals surface area (Å²) in [7, 11) is 0. The summed E-state index contributed by atoms with van der Waals surface area (Å²) in [5, 5.41) is 21.7. The average molecular weight is 310 g/mol. The van der Waals surface area contributed by atoms with Crippen LogP contribution in [0.25, 0.3) is 0 Å². The standard InChI is InChI=1S/C12H11FN4O5/c1-2-15-11(14-6-12(15)17(20)21)7-22-10-4-3-8(13)5-9(10)16(18)19/h3-6H,2,7H2,1H3. The smallest absolute Gasteiger partial charge is 0.342 e. The average Bonchev–Trinajstić information content (AvgIpc) is 2.88. The van der Waals surface area contributed by atoms with E-state index in [1.807, 2.05) is 0 Å². The minimum Gasteiger partial charge on any atom is -0.476 e. The topological polar surface area (TPSA) is 113 Å². The fourth-order valence-corrected chi connectivity index (χ4v) is 1.91. The summed E-state index contributed by atoms with van der Waals surface area (Å²) in [6.45, 7) is 1.77. The monoisotopic (exact) mass is 310 g/mol. The van der Waals surface area contributed by atoms with Gasteiger partial charge in [-0.05, 0) is 24.0 Å². The Labute approximate surface area is 123 Å². The first-order valence-electron chi connectivity index (χ1n) is 6.19.